The van der Waals surface area contributed by atoms with Crippen LogP contribution in [0.15, 0.2) is 48.6 Å². The number of allylic oxidation sites excluding steroid dienone is 8. The summed E-state index contributed by atoms with van der Waals surface area (Å²) >= 11 is 0. The summed E-state index contributed by atoms with van der Waals surface area (Å²) in [5.41, 5.74) is 0. The quantitative estimate of drug-likeness (QED) is 0.0262. The predicted molar refractivity (Wildman–Crippen MR) is 298 cm³/mol. The van der Waals surface area contributed by atoms with Crippen molar-refractivity contribution in [3.8, 4) is 0 Å². The van der Waals surface area contributed by atoms with E-state index in [-0.39, 0.29) is 37.5 Å². The Hall–Kier alpha value is -2.63. The van der Waals surface area contributed by atoms with E-state index >= 15 is 0 Å². The Morgan fingerprint density at radius 3 is 0.870 bits per heavy atom. The normalized spacial score (nSPS) is 12.3. The molecule has 0 aliphatic carbocycles. The Bertz CT molecular complexity index is 1200. The van der Waals surface area contributed by atoms with Gasteiger partial charge in [-0.05, 0) is 77.0 Å². The maximum absolute atomic E-state index is 12.8. The predicted octanol–water partition coefficient (Wildman–Crippen LogP) is 20.2. The van der Waals surface area contributed by atoms with E-state index in [1.807, 2.05) is 0 Å². The molecule has 1 atom stereocenters. The molecule has 69 heavy (non-hydrogen) atoms. The van der Waals surface area contributed by atoms with Crippen molar-refractivity contribution >= 4 is 17.9 Å². The highest BCUT2D eigenvalue weighted by Crippen LogP contribution is 2.16. The number of carbonyl (C=O) groups is 3. The number of hydrogen-bond acceptors (Lipinski definition) is 6. The summed E-state index contributed by atoms with van der Waals surface area (Å²) in [5.74, 6) is -0.937. The van der Waals surface area contributed by atoms with Gasteiger partial charge in [0.1, 0.15) is 13.2 Å². The first-order valence-electron chi connectivity index (χ1n) is 30.1. The molecule has 0 heterocycles. The molecule has 0 aromatic carbocycles. The smallest absolute Gasteiger partial charge is 0.306 e. The molecule has 6 nitrogen and oxygen atoms in total. The molecule has 0 amide bonds. The summed E-state index contributed by atoms with van der Waals surface area (Å²) in [6.45, 7) is 6.62. The molecule has 0 radical (unpaired) electrons. The molecule has 0 spiro atoms. The Morgan fingerprint density at radius 2 is 0.536 bits per heavy atom. The minimum atomic E-state index is -0.801. The second kappa shape index (κ2) is 57.9. The average molecular weight is 968 g/mol. The van der Waals surface area contributed by atoms with Crippen LogP contribution in [0.4, 0.5) is 0 Å². The molecule has 0 aliphatic rings. The number of esters is 3. The van der Waals surface area contributed by atoms with Crippen molar-refractivity contribution < 1.29 is 28.6 Å². The van der Waals surface area contributed by atoms with E-state index in [2.05, 4.69) is 69.4 Å². The molecule has 0 unspecified atom stereocenters. The minimum Gasteiger partial charge on any atom is -0.462 e. The molecule has 0 fully saturated rings. The number of ether oxygens (including phenoxy) is 3. The molecule has 0 bridgehead atoms. The van der Waals surface area contributed by atoms with Crippen LogP contribution < -0.4 is 0 Å². The molecule has 6 heteroatoms. The highest BCUT2D eigenvalue weighted by atomic mass is 16.6. The fourth-order valence-corrected chi connectivity index (χ4v) is 8.75. The molecular formula is C63H114O6. The van der Waals surface area contributed by atoms with E-state index in [0.717, 1.165) is 64.2 Å². The van der Waals surface area contributed by atoms with Crippen LogP contribution in [0, 0.1) is 0 Å². The molecule has 0 N–H and O–H groups in total. The van der Waals surface area contributed by atoms with Gasteiger partial charge in [-0.15, -0.1) is 0 Å². The zero-order valence-corrected chi connectivity index (χ0v) is 46.1. The standard InChI is InChI=1S/C63H114O6/c1-4-7-10-13-16-19-22-25-28-30-31-33-35-38-41-44-47-50-53-56-62(65)68-59-60(58-67-61(64)55-52-49-46-43-40-37-34-27-24-21-18-15-12-9-6-3)69-63(66)57-54-51-48-45-42-39-36-32-29-26-23-20-17-14-11-8-5-2/h26-27,29,34,36,39,45,48,60H,4-25,28,30-33,35,37-38,40-44,46-47,49-59H2,1-3H3/b29-26-,34-27-,39-36-,48-45-/t60-/m1/s1. The first kappa shape index (κ1) is 66.4. The Kier molecular flexibility index (Phi) is 55.7. The zero-order chi connectivity index (χ0) is 50.0. The lowest BCUT2D eigenvalue weighted by atomic mass is 10.0. The molecule has 0 saturated heterocycles. The molecule has 0 aliphatic heterocycles. The first-order chi connectivity index (χ1) is 34.0. The summed E-state index contributed by atoms with van der Waals surface area (Å²) in [4.78, 5) is 38.2. The van der Waals surface area contributed by atoms with E-state index in [1.165, 1.54) is 205 Å². The molecule has 0 rings (SSSR count). The van der Waals surface area contributed by atoms with E-state index in [0.29, 0.717) is 19.3 Å². The monoisotopic (exact) mass is 967 g/mol. The van der Waals surface area contributed by atoms with E-state index in [1.54, 1.807) is 0 Å². The van der Waals surface area contributed by atoms with Crippen molar-refractivity contribution in [3.05, 3.63) is 48.6 Å². The topological polar surface area (TPSA) is 78.9 Å². The maximum Gasteiger partial charge on any atom is 0.306 e. The fourth-order valence-electron chi connectivity index (χ4n) is 8.75. The fraction of sp³-hybridized carbons (Fsp3) is 0.825. The highest BCUT2D eigenvalue weighted by molar-refractivity contribution is 5.71. The lowest BCUT2D eigenvalue weighted by Crippen LogP contribution is -2.30. The zero-order valence-electron chi connectivity index (χ0n) is 46.1. The third-order valence-corrected chi connectivity index (χ3v) is 13.3. The minimum absolute atomic E-state index is 0.0924. The van der Waals surface area contributed by atoms with E-state index < -0.39 is 6.10 Å². The van der Waals surface area contributed by atoms with Crippen LogP contribution in [-0.2, 0) is 28.6 Å². The van der Waals surface area contributed by atoms with Crippen molar-refractivity contribution in [2.75, 3.05) is 13.2 Å². The average Bonchev–Trinajstić information content (AvgIpc) is 3.35. The largest absolute Gasteiger partial charge is 0.462 e. The van der Waals surface area contributed by atoms with Gasteiger partial charge in [0.25, 0.3) is 0 Å². The van der Waals surface area contributed by atoms with Crippen LogP contribution in [0.1, 0.15) is 316 Å². The first-order valence-corrected chi connectivity index (χ1v) is 30.1. The lowest BCUT2D eigenvalue weighted by molar-refractivity contribution is -0.167. The van der Waals surface area contributed by atoms with Gasteiger partial charge in [-0.3, -0.25) is 14.4 Å². The van der Waals surface area contributed by atoms with Gasteiger partial charge >= 0.3 is 17.9 Å². The third-order valence-electron chi connectivity index (χ3n) is 13.3. The van der Waals surface area contributed by atoms with Gasteiger partial charge in [-0.1, -0.05) is 268 Å². The number of carbonyl (C=O) groups excluding carboxylic acids is 3. The van der Waals surface area contributed by atoms with Crippen LogP contribution in [0.3, 0.4) is 0 Å². The number of hydrogen-bond donors (Lipinski definition) is 0. The number of rotatable bonds is 55. The van der Waals surface area contributed by atoms with Gasteiger partial charge in [0.05, 0.1) is 0 Å². The maximum atomic E-state index is 12.8. The van der Waals surface area contributed by atoms with E-state index in [4.69, 9.17) is 14.2 Å². The van der Waals surface area contributed by atoms with Gasteiger partial charge in [0.15, 0.2) is 6.10 Å². The second-order valence-corrected chi connectivity index (χ2v) is 20.3. The van der Waals surface area contributed by atoms with Gasteiger partial charge in [0, 0.05) is 19.3 Å². The summed E-state index contributed by atoms with van der Waals surface area (Å²) in [5, 5.41) is 0. The lowest BCUT2D eigenvalue weighted by Gasteiger charge is -2.18. The molecule has 0 saturated carbocycles. The molecule has 402 valence electrons. The van der Waals surface area contributed by atoms with Crippen molar-refractivity contribution in [2.24, 2.45) is 0 Å². The van der Waals surface area contributed by atoms with Crippen LogP contribution in [0.25, 0.3) is 0 Å². The van der Waals surface area contributed by atoms with E-state index in [9.17, 15) is 14.4 Å². The van der Waals surface area contributed by atoms with Crippen molar-refractivity contribution in [1.29, 1.82) is 0 Å². The van der Waals surface area contributed by atoms with Crippen LogP contribution in [-0.4, -0.2) is 37.2 Å². The molecule has 0 aromatic heterocycles. The summed E-state index contributed by atoms with van der Waals surface area (Å²) in [7, 11) is 0. The van der Waals surface area contributed by atoms with Gasteiger partial charge in [-0.2, -0.15) is 0 Å². The Balaban J connectivity index is 4.41. The summed E-state index contributed by atoms with van der Waals surface area (Å²) in [6.07, 6.45) is 71.1. The van der Waals surface area contributed by atoms with Gasteiger partial charge in [-0.25, -0.2) is 0 Å². The number of unbranched alkanes of at least 4 members (excludes halogenated alkanes) is 36. The van der Waals surface area contributed by atoms with Crippen molar-refractivity contribution in [1.82, 2.24) is 0 Å². The van der Waals surface area contributed by atoms with Crippen LogP contribution >= 0.6 is 0 Å². The summed E-state index contributed by atoms with van der Waals surface area (Å²) < 4.78 is 16.8. The third kappa shape index (κ3) is 56.2. The van der Waals surface area contributed by atoms with Crippen molar-refractivity contribution in [3.63, 3.8) is 0 Å². The SMILES string of the molecule is CCCCCCCC/C=C\C/C=C\C/C=C\CCCC(=O)O[C@H](COC(=O)CCCCCCC/C=C\CCCCCCCC)COC(=O)CCCCCCCCCCCCCCCCCCCCC. The van der Waals surface area contributed by atoms with Gasteiger partial charge in [0.2, 0.25) is 0 Å². The van der Waals surface area contributed by atoms with Crippen LogP contribution in [0.2, 0.25) is 0 Å². The molecular weight excluding hydrogens is 853 g/mol. The van der Waals surface area contributed by atoms with Gasteiger partial charge < -0.3 is 14.2 Å². The van der Waals surface area contributed by atoms with Crippen molar-refractivity contribution in [2.45, 2.75) is 322 Å². The highest BCUT2D eigenvalue weighted by Gasteiger charge is 2.19. The Labute approximate surface area is 428 Å². The Morgan fingerprint density at radius 1 is 0.290 bits per heavy atom. The molecule has 0 aromatic rings. The summed E-state index contributed by atoms with van der Waals surface area (Å²) in [6, 6.07) is 0. The second-order valence-electron chi connectivity index (χ2n) is 20.3. The van der Waals surface area contributed by atoms with Crippen LogP contribution in [0.5, 0.6) is 0 Å².